The number of rotatable bonds is 10. The molecule has 0 saturated carbocycles. The van der Waals surface area contributed by atoms with E-state index in [-0.39, 0.29) is 73.5 Å². The van der Waals surface area contributed by atoms with Gasteiger partial charge < -0.3 is 9.84 Å². The number of ether oxygens (including phenoxy) is 1. The molecule has 0 aliphatic rings. The number of hydrogen-bond acceptors (Lipinski definition) is 4. The van der Waals surface area contributed by atoms with E-state index in [0.29, 0.717) is 6.42 Å². The van der Waals surface area contributed by atoms with E-state index in [9.17, 15) is 18.1 Å². The van der Waals surface area contributed by atoms with E-state index in [0.717, 1.165) is 24.8 Å². The smallest absolute Gasteiger partial charge is 0.870 e. The molecule has 2 aromatic rings. The Bertz CT molecular complexity index is 821. The van der Waals surface area contributed by atoms with Crippen LogP contribution in [0.15, 0.2) is 47.4 Å². The summed E-state index contributed by atoms with van der Waals surface area (Å²) >= 11 is 0. The van der Waals surface area contributed by atoms with Gasteiger partial charge in [0.15, 0.2) is 0 Å². The molecule has 2 rings (SSSR count). The van der Waals surface area contributed by atoms with Crippen molar-refractivity contribution in [3.8, 4) is 17.2 Å². The van der Waals surface area contributed by atoms with E-state index in [2.05, 4.69) is 6.92 Å². The number of aryl methyl sites for hydroxylation is 1. The fourth-order valence-corrected chi connectivity index (χ4v) is 3.32. The van der Waals surface area contributed by atoms with Gasteiger partial charge >= 0.3 is 51.4 Å². The summed E-state index contributed by atoms with van der Waals surface area (Å²) in [6.45, 7) is 2.17. The van der Waals surface area contributed by atoms with Crippen LogP contribution in [0.2, 0.25) is 0 Å². The first-order valence-corrected chi connectivity index (χ1v) is 10.4. The molecule has 0 radical (unpaired) electrons. The molecular formula is C20H25KO5S. The Balaban J connectivity index is 0.00000364. The molecular weight excluding hydrogens is 391 g/mol. The van der Waals surface area contributed by atoms with Crippen LogP contribution in [0.3, 0.4) is 0 Å². The monoisotopic (exact) mass is 416 g/mol. The van der Waals surface area contributed by atoms with Crippen LogP contribution in [0.25, 0.3) is 0 Å². The van der Waals surface area contributed by atoms with Crippen LogP contribution in [-0.2, 0) is 16.5 Å². The van der Waals surface area contributed by atoms with Crippen LogP contribution < -0.4 is 61.2 Å². The third-order valence-electron chi connectivity index (χ3n) is 4.13. The minimum atomic E-state index is -4.35. The molecule has 0 unspecified atom stereocenters. The largest absolute Gasteiger partial charge is 1.00 e. The Hall–Kier alpha value is -0.414. The van der Waals surface area contributed by atoms with Gasteiger partial charge in [0.1, 0.15) is 11.5 Å². The number of unbranched alkanes of at least 4 members (excludes halogenated alkanes) is 5. The zero-order valence-electron chi connectivity index (χ0n) is 16.0. The molecule has 0 heterocycles. The molecule has 7 heteroatoms. The van der Waals surface area contributed by atoms with Crippen LogP contribution in [-0.4, -0.2) is 13.0 Å². The van der Waals surface area contributed by atoms with Crippen LogP contribution >= 0.6 is 0 Å². The van der Waals surface area contributed by atoms with Gasteiger partial charge in [-0.2, -0.15) is 8.42 Å². The van der Waals surface area contributed by atoms with Gasteiger partial charge in [-0.25, -0.2) is 0 Å². The van der Waals surface area contributed by atoms with Crippen molar-refractivity contribution in [2.75, 3.05) is 0 Å². The van der Waals surface area contributed by atoms with Crippen LogP contribution in [0.5, 0.6) is 17.2 Å². The van der Waals surface area contributed by atoms with Gasteiger partial charge in [-0.3, -0.25) is 4.55 Å². The summed E-state index contributed by atoms with van der Waals surface area (Å²) in [5.41, 5.74) is 0.758. The van der Waals surface area contributed by atoms with Crippen molar-refractivity contribution in [1.82, 2.24) is 0 Å². The Morgan fingerprint density at radius 1 is 1.00 bits per heavy atom. The van der Waals surface area contributed by atoms with E-state index >= 15 is 0 Å². The molecule has 0 aliphatic heterocycles. The van der Waals surface area contributed by atoms with Crippen molar-refractivity contribution in [3.63, 3.8) is 0 Å². The first-order valence-electron chi connectivity index (χ1n) is 8.95. The first kappa shape index (κ1) is 24.6. The van der Waals surface area contributed by atoms with Gasteiger partial charge in [0.05, 0.1) is 4.90 Å². The van der Waals surface area contributed by atoms with Gasteiger partial charge in [-0.15, -0.1) is 0 Å². The second-order valence-corrected chi connectivity index (χ2v) is 7.78. The molecule has 0 atom stereocenters. The minimum absolute atomic E-state index is 0. The summed E-state index contributed by atoms with van der Waals surface area (Å²) in [6, 6.07) is 10.6. The molecule has 0 saturated heterocycles. The van der Waals surface area contributed by atoms with Gasteiger partial charge in [-0.1, -0.05) is 63.0 Å². The third kappa shape index (κ3) is 8.64. The Kier molecular flexibility index (Phi) is 11.1. The van der Waals surface area contributed by atoms with Crippen LogP contribution in [0, 0.1) is 0 Å². The normalized spacial score (nSPS) is 11.0. The summed E-state index contributed by atoms with van der Waals surface area (Å²) in [7, 11) is -4.35. The molecule has 0 amide bonds. The molecule has 0 spiro atoms. The van der Waals surface area contributed by atoms with Crippen molar-refractivity contribution in [2.45, 2.75) is 56.8 Å². The first-order chi connectivity index (χ1) is 12.4. The van der Waals surface area contributed by atoms with E-state index in [1.54, 1.807) is 18.2 Å². The fourth-order valence-electron chi connectivity index (χ4n) is 2.75. The van der Waals surface area contributed by atoms with Crippen molar-refractivity contribution in [1.29, 1.82) is 0 Å². The van der Waals surface area contributed by atoms with E-state index in [1.807, 2.05) is 0 Å². The van der Waals surface area contributed by atoms with Crippen molar-refractivity contribution in [3.05, 3.63) is 48.0 Å². The molecule has 142 valence electrons. The maximum absolute atomic E-state index is 11.8. The van der Waals surface area contributed by atoms with Crippen LogP contribution in [0.1, 0.15) is 51.0 Å². The Labute approximate surface area is 204 Å². The van der Waals surface area contributed by atoms with Crippen molar-refractivity contribution in [2.24, 2.45) is 0 Å². The second-order valence-electron chi connectivity index (χ2n) is 6.35. The Morgan fingerprint density at radius 2 is 1.67 bits per heavy atom. The molecule has 0 aromatic heterocycles. The summed E-state index contributed by atoms with van der Waals surface area (Å²) in [6.07, 6.45) is 7.45. The zero-order valence-corrected chi connectivity index (χ0v) is 19.9. The average Bonchev–Trinajstić information content (AvgIpc) is 2.59. The summed E-state index contributed by atoms with van der Waals surface area (Å²) in [5.74, 6) is 0.0529. The zero-order chi connectivity index (χ0) is 19.0. The summed E-state index contributed by atoms with van der Waals surface area (Å²) < 4.78 is 38.0. The number of benzene rings is 2. The van der Waals surface area contributed by atoms with E-state index in [4.69, 9.17) is 4.74 Å². The maximum Gasteiger partial charge on any atom is 1.00 e. The number of hydrogen-bond donors (Lipinski definition) is 1. The molecule has 0 fully saturated rings. The van der Waals surface area contributed by atoms with Gasteiger partial charge in [0.25, 0.3) is 10.1 Å². The fraction of sp³-hybridized carbons (Fsp3) is 0.400. The second kappa shape index (κ2) is 12.2. The molecule has 5 nitrogen and oxygen atoms in total. The van der Waals surface area contributed by atoms with Crippen molar-refractivity contribution >= 4 is 10.1 Å². The SMILES string of the molecule is CCCCCCCCc1cc(Oc2ccccc2[O-])cc(S(=O)(=O)O)c1.[K+]. The quantitative estimate of drug-likeness (QED) is 0.362. The summed E-state index contributed by atoms with van der Waals surface area (Å²) in [4.78, 5) is -0.223. The molecule has 0 aliphatic carbocycles. The summed E-state index contributed by atoms with van der Waals surface area (Å²) in [5, 5.41) is 11.8. The van der Waals surface area contributed by atoms with Crippen LogP contribution in [0.4, 0.5) is 0 Å². The van der Waals surface area contributed by atoms with E-state index < -0.39 is 10.1 Å². The third-order valence-corrected chi connectivity index (χ3v) is 4.97. The van der Waals surface area contributed by atoms with Gasteiger partial charge in [-0.05, 0) is 36.6 Å². The molecule has 0 bridgehead atoms. The minimum Gasteiger partial charge on any atom is -0.870 e. The molecule has 27 heavy (non-hydrogen) atoms. The average molecular weight is 417 g/mol. The Morgan fingerprint density at radius 3 is 2.33 bits per heavy atom. The molecule has 2 aromatic carbocycles. The van der Waals surface area contributed by atoms with Gasteiger partial charge in [0, 0.05) is 6.07 Å². The predicted molar refractivity (Wildman–Crippen MR) is 99.3 cm³/mol. The maximum atomic E-state index is 11.8. The predicted octanol–water partition coefficient (Wildman–Crippen LogP) is 1.71. The van der Waals surface area contributed by atoms with Gasteiger partial charge in [0.2, 0.25) is 0 Å². The standard InChI is InChI=1S/C20H26O5S.K/c1-2-3-4-5-6-7-10-16-13-17(15-18(14-16)26(22,23)24)25-20-12-9-8-11-19(20)21;/h8-9,11-15,21H,2-7,10H2,1H3,(H,22,23,24);/q;+1/p-1. The molecule has 1 N–H and O–H groups in total. The number of para-hydroxylation sites is 2. The topological polar surface area (TPSA) is 86.7 Å². The van der Waals surface area contributed by atoms with E-state index in [1.165, 1.54) is 43.5 Å². The van der Waals surface area contributed by atoms with Crippen molar-refractivity contribution < 1.29 is 74.2 Å².